The molecule has 2 aliphatic rings. The molecule has 3 heteroatoms. The van der Waals surface area contributed by atoms with Crippen molar-refractivity contribution in [3.8, 4) is 6.07 Å². The minimum Gasteiger partial charge on any atom is -0.300 e. The minimum absolute atomic E-state index is 0.250. The molecule has 0 aromatic carbocycles. The van der Waals surface area contributed by atoms with E-state index >= 15 is 0 Å². The van der Waals surface area contributed by atoms with Gasteiger partial charge in [-0.05, 0) is 56.5 Å². The van der Waals surface area contributed by atoms with Gasteiger partial charge in [-0.15, -0.1) is 0 Å². The second kappa shape index (κ2) is 6.03. The minimum atomic E-state index is -0.250. The van der Waals surface area contributed by atoms with Crippen LogP contribution in [0.3, 0.4) is 0 Å². The van der Waals surface area contributed by atoms with Gasteiger partial charge in [0.05, 0.1) is 6.07 Å². The number of likely N-dealkylation sites (tertiary alicyclic amines) is 1. The quantitative estimate of drug-likeness (QED) is 0.858. The van der Waals surface area contributed by atoms with Crippen LogP contribution in [0.25, 0.3) is 0 Å². The third-order valence-corrected chi connectivity index (χ3v) is 5.38. The summed E-state index contributed by atoms with van der Waals surface area (Å²) in [5.74, 6) is 0.809. The molecule has 0 aromatic heterocycles. The molecule has 3 atom stereocenters. The van der Waals surface area contributed by atoms with E-state index in [1.165, 1.54) is 25.9 Å². The highest BCUT2D eigenvalue weighted by Gasteiger charge is 2.43. The molecule has 0 aromatic rings. The Morgan fingerprint density at radius 3 is 2.65 bits per heavy atom. The molecule has 3 nitrogen and oxygen atoms in total. The van der Waals surface area contributed by atoms with Gasteiger partial charge in [0.1, 0.15) is 5.54 Å². The van der Waals surface area contributed by atoms with Crippen LogP contribution in [0.15, 0.2) is 0 Å². The van der Waals surface area contributed by atoms with E-state index in [4.69, 9.17) is 0 Å². The van der Waals surface area contributed by atoms with Gasteiger partial charge in [0.25, 0.3) is 0 Å². The largest absolute Gasteiger partial charge is 0.300 e. The number of nitrogens with one attached hydrogen (secondary N) is 1. The molecule has 3 unspecified atom stereocenters. The molecule has 1 aliphatic carbocycles. The molecule has 0 radical (unpaired) electrons. The number of nitriles is 1. The maximum Gasteiger partial charge on any atom is 0.108 e. The maximum atomic E-state index is 9.55. The van der Waals surface area contributed by atoms with Gasteiger partial charge in [-0.3, -0.25) is 10.2 Å². The summed E-state index contributed by atoms with van der Waals surface area (Å²) in [7, 11) is 0. The van der Waals surface area contributed by atoms with E-state index in [2.05, 4.69) is 44.0 Å². The van der Waals surface area contributed by atoms with Gasteiger partial charge in [0, 0.05) is 12.6 Å². The Hall–Kier alpha value is -0.590. The van der Waals surface area contributed by atoms with E-state index in [1.54, 1.807) is 0 Å². The van der Waals surface area contributed by atoms with Crippen molar-refractivity contribution in [2.45, 2.75) is 71.4 Å². The normalized spacial score (nSPS) is 35.4. The monoisotopic (exact) mass is 277 g/mol. The molecule has 1 saturated carbocycles. The Morgan fingerprint density at radius 2 is 2.10 bits per heavy atom. The molecule has 114 valence electrons. The van der Waals surface area contributed by atoms with Crippen LogP contribution < -0.4 is 5.32 Å². The van der Waals surface area contributed by atoms with Crippen LogP contribution >= 0.6 is 0 Å². The molecular formula is C17H31N3. The predicted octanol–water partition coefficient (Wildman–Crippen LogP) is 3.17. The van der Waals surface area contributed by atoms with Crippen molar-refractivity contribution in [1.82, 2.24) is 10.2 Å². The average molecular weight is 277 g/mol. The summed E-state index contributed by atoms with van der Waals surface area (Å²) in [6, 6.07) is 3.19. The van der Waals surface area contributed by atoms with Gasteiger partial charge in [0.2, 0.25) is 0 Å². The molecule has 0 spiro atoms. The summed E-state index contributed by atoms with van der Waals surface area (Å²) in [6.45, 7) is 12.7. The van der Waals surface area contributed by atoms with Crippen LogP contribution in [0.4, 0.5) is 0 Å². The highest BCUT2D eigenvalue weighted by atomic mass is 15.2. The van der Waals surface area contributed by atoms with Crippen molar-refractivity contribution < 1.29 is 0 Å². The Morgan fingerprint density at radius 1 is 1.35 bits per heavy atom. The first-order valence-corrected chi connectivity index (χ1v) is 8.30. The number of hydrogen-bond acceptors (Lipinski definition) is 3. The number of hydrogen-bond donors (Lipinski definition) is 1. The first-order chi connectivity index (χ1) is 9.40. The second-order valence-corrected chi connectivity index (χ2v) is 7.86. The van der Waals surface area contributed by atoms with Gasteiger partial charge < -0.3 is 0 Å². The van der Waals surface area contributed by atoms with Gasteiger partial charge in [0.15, 0.2) is 0 Å². The van der Waals surface area contributed by atoms with Gasteiger partial charge in [-0.1, -0.05) is 27.7 Å². The fourth-order valence-corrected chi connectivity index (χ4v) is 3.82. The van der Waals surface area contributed by atoms with E-state index < -0.39 is 0 Å². The molecule has 2 fully saturated rings. The van der Waals surface area contributed by atoms with Crippen molar-refractivity contribution in [2.24, 2.45) is 11.3 Å². The zero-order valence-corrected chi connectivity index (χ0v) is 13.7. The van der Waals surface area contributed by atoms with Crippen molar-refractivity contribution in [2.75, 3.05) is 19.6 Å². The van der Waals surface area contributed by atoms with Crippen molar-refractivity contribution in [3.05, 3.63) is 0 Å². The first kappa shape index (κ1) is 15.8. The summed E-state index contributed by atoms with van der Waals surface area (Å²) in [4.78, 5) is 2.66. The maximum absolute atomic E-state index is 9.55. The Kier molecular flexibility index (Phi) is 4.76. The molecule has 0 amide bonds. The molecule has 1 saturated heterocycles. The SMILES string of the molecule is CCCNC1(C#N)CCC(N2CCC(C(C)(C)C)C2)C1. The molecule has 2 rings (SSSR count). The van der Waals surface area contributed by atoms with Crippen LogP contribution in [0.1, 0.15) is 59.8 Å². The van der Waals surface area contributed by atoms with Gasteiger partial charge in [-0.2, -0.15) is 5.26 Å². The summed E-state index contributed by atoms with van der Waals surface area (Å²) in [5.41, 5.74) is 0.167. The van der Waals surface area contributed by atoms with E-state index in [1.807, 2.05) is 0 Å². The average Bonchev–Trinajstić information content (AvgIpc) is 3.03. The Labute approximate surface area is 124 Å². The molecular weight excluding hydrogens is 246 g/mol. The lowest BCUT2D eigenvalue weighted by atomic mass is 9.80. The van der Waals surface area contributed by atoms with Gasteiger partial charge >= 0.3 is 0 Å². The van der Waals surface area contributed by atoms with Crippen molar-refractivity contribution >= 4 is 0 Å². The summed E-state index contributed by atoms with van der Waals surface area (Å²) >= 11 is 0. The smallest absolute Gasteiger partial charge is 0.108 e. The lowest BCUT2D eigenvalue weighted by Crippen LogP contribution is -2.44. The molecule has 0 bridgehead atoms. The van der Waals surface area contributed by atoms with E-state index in [-0.39, 0.29) is 5.54 Å². The third kappa shape index (κ3) is 3.35. The fraction of sp³-hybridized carbons (Fsp3) is 0.941. The van der Waals surface area contributed by atoms with Crippen molar-refractivity contribution in [1.29, 1.82) is 5.26 Å². The number of nitrogens with zero attached hydrogens (tertiary/aromatic N) is 2. The van der Waals surface area contributed by atoms with Crippen LogP contribution in [-0.2, 0) is 0 Å². The zero-order chi connectivity index (χ0) is 14.8. The van der Waals surface area contributed by atoms with E-state index in [0.29, 0.717) is 11.5 Å². The summed E-state index contributed by atoms with van der Waals surface area (Å²) in [6.07, 6.45) is 5.64. The van der Waals surface area contributed by atoms with E-state index in [9.17, 15) is 5.26 Å². The third-order valence-electron chi connectivity index (χ3n) is 5.38. The summed E-state index contributed by atoms with van der Waals surface area (Å²) < 4.78 is 0. The predicted molar refractivity (Wildman–Crippen MR) is 83.4 cm³/mol. The lowest BCUT2D eigenvalue weighted by Gasteiger charge is -2.30. The van der Waals surface area contributed by atoms with Crippen LogP contribution in [0.5, 0.6) is 0 Å². The lowest BCUT2D eigenvalue weighted by molar-refractivity contribution is 0.191. The van der Waals surface area contributed by atoms with Crippen LogP contribution in [-0.4, -0.2) is 36.1 Å². The van der Waals surface area contributed by atoms with Gasteiger partial charge in [-0.25, -0.2) is 0 Å². The molecule has 1 aliphatic heterocycles. The molecule has 1 N–H and O–H groups in total. The van der Waals surface area contributed by atoms with Crippen molar-refractivity contribution in [3.63, 3.8) is 0 Å². The number of rotatable bonds is 4. The van der Waals surface area contributed by atoms with Crippen LogP contribution in [0.2, 0.25) is 0 Å². The Bertz CT molecular complexity index is 365. The van der Waals surface area contributed by atoms with Crippen LogP contribution in [0, 0.1) is 22.7 Å². The molecule has 20 heavy (non-hydrogen) atoms. The summed E-state index contributed by atoms with van der Waals surface area (Å²) in [5, 5.41) is 13.1. The highest BCUT2D eigenvalue weighted by Crippen LogP contribution is 2.39. The zero-order valence-electron chi connectivity index (χ0n) is 13.7. The second-order valence-electron chi connectivity index (χ2n) is 7.86. The molecule has 1 heterocycles. The first-order valence-electron chi connectivity index (χ1n) is 8.30. The standard InChI is InChI=1S/C17H31N3/c1-5-9-19-17(13-18)8-6-15(11-17)20-10-7-14(12-20)16(2,3)4/h14-15,19H,5-12H2,1-4H3. The fourth-order valence-electron chi connectivity index (χ4n) is 3.82. The highest BCUT2D eigenvalue weighted by molar-refractivity contribution is 5.13. The van der Waals surface area contributed by atoms with E-state index in [0.717, 1.165) is 31.7 Å². The Balaban J connectivity index is 1.92. The topological polar surface area (TPSA) is 39.1 Å².